The van der Waals surface area contributed by atoms with Crippen molar-refractivity contribution in [2.45, 2.75) is 155 Å². The van der Waals surface area contributed by atoms with Gasteiger partial charge in [0.2, 0.25) is 11.8 Å². The van der Waals surface area contributed by atoms with Gasteiger partial charge in [0.05, 0.1) is 14.2 Å². The van der Waals surface area contributed by atoms with Gasteiger partial charge in [-0.1, -0.05) is 77.0 Å². The molecule has 3 N–H and O–H groups in total. The Labute approximate surface area is 356 Å². The predicted octanol–water partition coefficient (Wildman–Crippen LogP) is 6.85. The number of nitrogens with zero attached hydrogens (tertiary/aromatic N) is 4. The molecule has 0 aliphatic heterocycles. The molecule has 0 fully saturated rings. The number of urea groups is 3. The van der Waals surface area contributed by atoms with E-state index in [0.29, 0.717) is 56.8 Å². The maximum absolute atomic E-state index is 12.5. The van der Waals surface area contributed by atoms with Gasteiger partial charge < -0.3 is 35.2 Å². The molecule has 0 saturated heterocycles. The molecule has 0 unspecified atom stereocenters. The van der Waals surface area contributed by atoms with Crippen molar-refractivity contribution in [1.82, 2.24) is 35.6 Å². The number of carbonyl (C=O) groups is 7. The highest BCUT2D eigenvalue weighted by Crippen LogP contribution is 2.13. The van der Waals surface area contributed by atoms with Crippen molar-refractivity contribution in [1.29, 1.82) is 0 Å². The molecule has 344 valence electrons. The largest absolute Gasteiger partial charge is 0.469 e. The highest BCUT2D eigenvalue weighted by atomic mass is 16.5. The van der Waals surface area contributed by atoms with Crippen molar-refractivity contribution in [3.8, 4) is 0 Å². The Morgan fingerprint density at radius 1 is 0.424 bits per heavy atom. The van der Waals surface area contributed by atoms with Crippen LogP contribution in [-0.2, 0) is 28.7 Å². The number of ether oxygens (including phenoxy) is 2. The second-order valence-corrected chi connectivity index (χ2v) is 15.3. The first-order chi connectivity index (χ1) is 28.2. The fourth-order valence-corrected chi connectivity index (χ4v) is 6.00. The van der Waals surface area contributed by atoms with Gasteiger partial charge in [0, 0.05) is 51.9 Å². The van der Waals surface area contributed by atoms with E-state index in [0.717, 1.165) is 122 Å². The molecule has 0 aromatic carbocycles. The van der Waals surface area contributed by atoms with Crippen LogP contribution in [0.5, 0.6) is 0 Å². The zero-order valence-corrected chi connectivity index (χ0v) is 38.3. The van der Waals surface area contributed by atoms with Crippen molar-refractivity contribution in [2.75, 3.05) is 81.7 Å². The normalized spacial score (nSPS) is 10.7. The van der Waals surface area contributed by atoms with Gasteiger partial charge in [0.25, 0.3) is 0 Å². The van der Waals surface area contributed by atoms with Crippen LogP contribution in [0.2, 0.25) is 0 Å². The van der Waals surface area contributed by atoms with Gasteiger partial charge in [-0.15, -0.1) is 0 Å². The van der Waals surface area contributed by atoms with Crippen LogP contribution in [0, 0.1) is 0 Å². The van der Waals surface area contributed by atoms with E-state index in [-0.39, 0.29) is 30.3 Å². The second-order valence-electron chi connectivity index (χ2n) is 15.3. The van der Waals surface area contributed by atoms with E-state index in [2.05, 4.69) is 30.3 Å². The monoisotopic (exact) mass is 842 g/mol. The molecule has 8 amide bonds. The summed E-state index contributed by atoms with van der Waals surface area (Å²) in [4.78, 5) is 89.5. The lowest BCUT2D eigenvalue weighted by Gasteiger charge is -2.20. The number of amides is 8. The van der Waals surface area contributed by atoms with Gasteiger partial charge >= 0.3 is 30.0 Å². The number of carbonyl (C=O) groups excluding carboxylic acids is 7. The van der Waals surface area contributed by atoms with Crippen LogP contribution < -0.4 is 16.0 Å². The van der Waals surface area contributed by atoms with Crippen molar-refractivity contribution in [3.63, 3.8) is 0 Å². The Morgan fingerprint density at radius 2 is 0.763 bits per heavy atom. The lowest BCUT2D eigenvalue weighted by atomic mass is 10.1. The minimum atomic E-state index is -0.676. The molecule has 0 aliphatic carbocycles. The maximum atomic E-state index is 12.5. The number of hydrogen-bond acceptors (Lipinski definition) is 11. The smallest absolute Gasteiger partial charge is 0.332 e. The molecular weight excluding hydrogens is 759 g/mol. The summed E-state index contributed by atoms with van der Waals surface area (Å²) in [6, 6.07) is -1.62. The predicted molar refractivity (Wildman–Crippen MR) is 233 cm³/mol. The molecule has 0 spiro atoms. The van der Waals surface area contributed by atoms with Crippen LogP contribution in [0.15, 0.2) is 0 Å². The molecule has 0 aliphatic rings. The molecule has 0 atom stereocenters. The van der Waals surface area contributed by atoms with Gasteiger partial charge in [0.15, 0.2) is 0 Å². The zero-order valence-electron chi connectivity index (χ0n) is 38.3. The minimum Gasteiger partial charge on any atom is -0.469 e. The number of methoxy groups -OCH3 is 2. The summed E-state index contributed by atoms with van der Waals surface area (Å²) in [5.74, 6) is -0.851. The van der Waals surface area contributed by atoms with Crippen LogP contribution in [-0.4, -0.2) is 143 Å². The van der Waals surface area contributed by atoms with Crippen LogP contribution >= 0.6 is 0 Å². The van der Waals surface area contributed by atoms with Gasteiger partial charge in [-0.25, -0.2) is 14.4 Å². The van der Waals surface area contributed by atoms with E-state index in [1.807, 2.05) is 40.0 Å². The second kappa shape index (κ2) is 39.7. The average molecular weight is 842 g/mol. The standard InChI is InChI=1S/C22H42N4O5.C21H41N3O4/c1-5-23-21(29)26(22(30)24-17-14-18-25(2)3)19(27)15-12-10-8-6-7-9-11-13-16-20(28)31-4;1-5-24(21(27)22-17-14-18-23(2)3)19(25)15-12-10-8-6-7-9-11-13-16-20(26)28-4/h5-18H2,1-4H3,(H,23,29)(H,24,30);5-18H2,1-4H3,(H,22,27). The molecule has 0 heterocycles. The van der Waals surface area contributed by atoms with E-state index >= 15 is 0 Å². The van der Waals surface area contributed by atoms with Gasteiger partial charge in [-0.05, 0) is 93.7 Å². The van der Waals surface area contributed by atoms with Crippen molar-refractivity contribution >= 4 is 41.8 Å². The van der Waals surface area contributed by atoms with E-state index in [9.17, 15) is 33.6 Å². The van der Waals surface area contributed by atoms with Crippen LogP contribution in [0.25, 0.3) is 0 Å². The Balaban J connectivity index is 0. The summed E-state index contributed by atoms with van der Waals surface area (Å²) in [6.45, 7) is 7.02. The lowest BCUT2D eigenvalue weighted by Crippen LogP contribution is -2.51. The number of hydrogen-bond donors (Lipinski definition) is 3. The first-order valence-electron chi connectivity index (χ1n) is 22.1. The molecule has 0 saturated carbocycles. The maximum Gasteiger partial charge on any atom is 0.332 e. The number of unbranched alkanes of at least 4 members (excludes halogenated alkanes) is 14. The summed E-state index contributed by atoms with van der Waals surface area (Å²) in [5.41, 5.74) is 0. The summed E-state index contributed by atoms with van der Waals surface area (Å²) in [5, 5.41) is 8.01. The highest BCUT2D eigenvalue weighted by molar-refractivity contribution is 6.09. The third-order valence-electron chi connectivity index (χ3n) is 9.46. The van der Waals surface area contributed by atoms with Crippen molar-refractivity contribution < 1.29 is 43.0 Å². The molecule has 0 aromatic heterocycles. The third kappa shape index (κ3) is 34.8. The number of nitrogens with one attached hydrogen (secondary N) is 3. The molecule has 0 radical (unpaired) electrons. The molecule has 0 bridgehead atoms. The van der Waals surface area contributed by atoms with E-state index in [4.69, 9.17) is 0 Å². The first kappa shape index (κ1) is 57.3. The fraction of sp³-hybridized carbons (Fsp3) is 0.837. The molecular formula is C43H83N7O9. The van der Waals surface area contributed by atoms with Crippen LogP contribution in [0.1, 0.15) is 155 Å². The summed E-state index contributed by atoms with van der Waals surface area (Å²) >= 11 is 0. The molecule has 0 rings (SSSR count). The fourth-order valence-electron chi connectivity index (χ4n) is 6.00. The van der Waals surface area contributed by atoms with Crippen molar-refractivity contribution in [3.05, 3.63) is 0 Å². The number of esters is 2. The van der Waals surface area contributed by atoms with Gasteiger partial charge in [0.1, 0.15) is 0 Å². The molecule has 59 heavy (non-hydrogen) atoms. The Hall–Kier alpha value is -3.79. The SMILES string of the molecule is CCN(C(=O)CCCCCCCCCCC(=O)OC)C(=O)NCCCN(C)C.CCNC(=O)N(C(=O)CCCCCCCCCCC(=O)OC)C(=O)NCCCN(C)C. The van der Waals surface area contributed by atoms with Crippen molar-refractivity contribution in [2.24, 2.45) is 0 Å². The lowest BCUT2D eigenvalue weighted by molar-refractivity contribution is -0.141. The Bertz CT molecular complexity index is 1150. The van der Waals surface area contributed by atoms with E-state index in [1.165, 1.54) is 19.1 Å². The van der Waals surface area contributed by atoms with Gasteiger partial charge in [-0.2, -0.15) is 4.90 Å². The molecule has 0 aromatic rings. The number of rotatable bonds is 32. The van der Waals surface area contributed by atoms with E-state index in [1.54, 1.807) is 6.92 Å². The summed E-state index contributed by atoms with van der Waals surface area (Å²) in [7, 11) is 10.7. The highest BCUT2D eigenvalue weighted by Gasteiger charge is 2.27. The van der Waals surface area contributed by atoms with E-state index < -0.39 is 18.0 Å². The summed E-state index contributed by atoms with van der Waals surface area (Å²) < 4.78 is 9.23. The Kier molecular flexibility index (Phi) is 38.5. The minimum absolute atomic E-state index is 0.0876. The quantitative estimate of drug-likeness (QED) is 0.0475. The van der Waals surface area contributed by atoms with Gasteiger partial charge in [-0.3, -0.25) is 24.1 Å². The topological polar surface area (TPSA) is 187 Å². The first-order valence-corrected chi connectivity index (χ1v) is 22.1. The van der Waals surface area contributed by atoms with Crippen LogP contribution in [0.4, 0.5) is 14.4 Å². The summed E-state index contributed by atoms with van der Waals surface area (Å²) in [6.07, 6.45) is 19.1. The average Bonchev–Trinajstić information content (AvgIpc) is 3.19. The third-order valence-corrected chi connectivity index (χ3v) is 9.46. The molecule has 16 nitrogen and oxygen atoms in total. The Morgan fingerprint density at radius 3 is 1.12 bits per heavy atom. The zero-order chi connectivity index (χ0) is 44.7. The van der Waals surface area contributed by atoms with Crippen LogP contribution in [0.3, 0.4) is 0 Å². The molecule has 16 heteroatoms. The number of imide groups is 4.